The Labute approximate surface area is 136 Å². The number of nitrogens with one attached hydrogen (secondary N) is 1. The smallest absolute Gasteiger partial charge is 0.141 e. The van der Waals surface area contributed by atoms with E-state index in [2.05, 4.69) is 12.2 Å². The Morgan fingerprint density at radius 3 is 2.47 bits per heavy atom. The van der Waals surface area contributed by atoms with Crippen LogP contribution in [0.3, 0.4) is 0 Å². The van der Waals surface area contributed by atoms with E-state index >= 15 is 0 Å². The van der Waals surface area contributed by atoms with Crippen molar-refractivity contribution >= 4 is 47.2 Å². The molecule has 0 amide bonds. The minimum atomic E-state index is 0. The van der Waals surface area contributed by atoms with E-state index in [1.165, 1.54) is 0 Å². The third kappa shape index (κ3) is 6.42. The van der Waals surface area contributed by atoms with Crippen LogP contribution in [0.4, 0.5) is 0 Å². The minimum Gasteiger partial charge on any atom is -0.489 e. The number of ether oxygens (including phenoxy) is 1. The Morgan fingerprint density at radius 2 is 1.89 bits per heavy atom. The molecule has 0 aliphatic heterocycles. The Balaban J connectivity index is 0.00000324. The standard InChI is InChI=1S/C13H18Cl3NO.ClH/c1-3-4-10(5-6-17-2)18-12-8-9(14)7-11(15)13(12)16;/h7-8,10,17H,3-6H2,1-2H3;1H. The fraction of sp³-hybridized carbons (Fsp3) is 0.538. The van der Waals surface area contributed by atoms with Crippen molar-refractivity contribution < 1.29 is 4.74 Å². The van der Waals surface area contributed by atoms with Crippen molar-refractivity contribution in [3.63, 3.8) is 0 Å². The van der Waals surface area contributed by atoms with Crippen LogP contribution in [-0.2, 0) is 0 Å². The van der Waals surface area contributed by atoms with Gasteiger partial charge in [0, 0.05) is 11.1 Å². The number of hydrogen-bond donors (Lipinski definition) is 1. The van der Waals surface area contributed by atoms with Crippen LogP contribution in [0.25, 0.3) is 0 Å². The lowest BCUT2D eigenvalue weighted by molar-refractivity contribution is 0.180. The average molecular weight is 347 g/mol. The van der Waals surface area contributed by atoms with Crippen LogP contribution in [0.15, 0.2) is 12.1 Å². The normalized spacial score (nSPS) is 11.8. The van der Waals surface area contributed by atoms with Gasteiger partial charge in [0.15, 0.2) is 0 Å². The van der Waals surface area contributed by atoms with Crippen molar-refractivity contribution in [2.45, 2.75) is 32.3 Å². The molecule has 1 aromatic rings. The van der Waals surface area contributed by atoms with Crippen LogP contribution in [0, 0.1) is 0 Å². The summed E-state index contributed by atoms with van der Waals surface area (Å²) in [5, 5.41) is 4.49. The zero-order valence-corrected chi connectivity index (χ0v) is 14.1. The molecule has 110 valence electrons. The molecule has 0 aliphatic rings. The van der Waals surface area contributed by atoms with E-state index in [0.29, 0.717) is 20.8 Å². The largest absolute Gasteiger partial charge is 0.489 e. The highest BCUT2D eigenvalue weighted by atomic mass is 35.5. The van der Waals surface area contributed by atoms with E-state index in [1.54, 1.807) is 12.1 Å². The first-order valence-electron chi connectivity index (χ1n) is 6.04. The van der Waals surface area contributed by atoms with Gasteiger partial charge in [-0.1, -0.05) is 48.1 Å². The first-order chi connectivity index (χ1) is 8.58. The van der Waals surface area contributed by atoms with Crippen molar-refractivity contribution in [2.24, 2.45) is 0 Å². The van der Waals surface area contributed by atoms with Crippen LogP contribution >= 0.6 is 47.2 Å². The molecule has 1 N–H and O–H groups in total. The maximum atomic E-state index is 6.11. The van der Waals surface area contributed by atoms with Gasteiger partial charge in [-0.3, -0.25) is 0 Å². The van der Waals surface area contributed by atoms with Gasteiger partial charge >= 0.3 is 0 Å². The molecule has 1 aromatic carbocycles. The summed E-state index contributed by atoms with van der Waals surface area (Å²) in [6, 6.07) is 3.32. The van der Waals surface area contributed by atoms with Crippen LogP contribution < -0.4 is 10.1 Å². The van der Waals surface area contributed by atoms with Crippen molar-refractivity contribution in [1.82, 2.24) is 5.32 Å². The van der Waals surface area contributed by atoms with Crippen molar-refractivity contribution in [1.29, 1.82) is 0 Å². The molecule has 1 rings (SSSR count). The van der Waals surface area contributed by atoms with E-state index in [1.807, 2.05) is 7.05 Å². The third-order valence-corrected chi connectivity index (χ3v) is 3.58. The van der Waals surface area contributed by atoms with E-state index in [-0.39, 0.29) is 18.5 Å². The van der Waals surface area contributed by atoms with E-state index in [4.69, 9.17) is 39.5 Å². The summed E-state index contributed by atoms with van der Waals surface area (Å²) < 4.78 is 5.91. The molecule has 1 atom stereocenters. The lowest BCUT2D eigenvalue weighted by Crippen LogP contribution is -2.22. The fourth-order valence-electron chi connectivity index (χ4n) is 1.69. The molecule has 0 heterocycles. The first kappa shape index (κ1) is 19.1. The Kier molecular flexibility index (Phi) is 10.0. The Bertz CT molecular complexity index is 387. The first-order valence-corrected chi connectivity index (χ1v) is 7.17. The van der Waals surface area contributed by atoms with E-state index in [9.17, 15) is 0 Å². The monoisotopic (exact) mass is 345 g/mol. The number of halogens is 4. The lowest BCUT2D eigenvalue weighted by Gasteiger charge is -2.20. The zero-order chi connectivity index (χ0) is 13.5. The van der Waals surface area contributed by atoms with Gasteiger partial charge in [-0.15, -0.1) is 12.4 Å². The van der Waals surface area contributed by atoms with Gasteiger partial charge in [0.05, 0.1) is 11.1 Å². The highest BCUT2D eigenvalue weighted by Gasteiger charge is 2.14. The fourth-order valence-corrected chi connectivity index (χ4v) is 2.32. The SMILES string of the molecule is CCCC(CCNC)Oc1cc(Cl)cc(Cl)c1Cl.Cl. The van der Waals surface area contributed by atoms with Crippen LogP contribution in [0.5, 0.6) is 5.75 Å². The number of rotatable bonds is 7. The molecular formula is C13H19Cl4NO. The summed E-state index contributed by atoms with van der Waals surface area (Å²) in [7, 11) is 1.92. The molecule has 0 fully saturated rings. The molecular weight excluding hydrogens is 328 g/mol. The summed E-state index contributed by atoms with van der Waals surface area (Å²) in [6.07, 6.45) is 3.07. The summed E-state index contributed by atoms with van der Waals surface area (Å²) in [6.45, 7) is 3.03. The van der Waals surface area contributed by atoms with Gasteiger partial charge in [-0.05, 0) is 32.5 Å². The van der Waals surface area contributed by atoms with Gasteiger partial charge in [0.25, 0.3) is 0 Å². The molecule has 0 aliphatic carbocycles. The van der Waals surface area contributed by atoms with Gasteiger partial charge in [0.1, 0.15) is 10.8 Å². The van der Waals surface area contributed by atoms with Gasteiger partial charge < -0.3 is 10.1 Å². The molecule has 0 saturated heterocycles. The highest BCUT2D eigenvalue weighted by molar-refractivity contribution is 6.44. The summed E-state index contributed by atoms with van der Waals surface area (Å²) >= 11 is 18.0. The predicted octanol–water partition coefficient (Wildman–Crippen LogP) is 5.23. The van der Waals surface area contributed by atoms with Gasteiger partial charge in [0.2, 0.25) is 0 Å². The molecule has 0 spiro atoms. The molecule has 2 nitrogen and oxygen atoms in total. The average Bonchev–Trinajstić information content (AvgIpc) is 2.32. The predicted molar refractivity (Wildman–Crippen MR) is 86.6 cm³/mol. The van der Waals surface area contributed by atoms with E-state index < -0.39 is 0 Å². The molecule has 6 heteroatoms. The van der Waals surface area contributed by atoms with Crippen molar-refractivity contribution in [2.75, 3.05) is 13.6 Å². The van der Waals surface area contributed by atoms with E-state index in [0.717, 1.165) is 25.8 Å². The molecule has 1 unspecified atom stereocenters. The molecule has 0 bridgehead atoms. The summed E-state index contributed by atoms with van der Waals surface area (Å²) in [4.78, 5) is 0. The second kappa shape index (κ2) is 9.95. The van der Waals surface area contributed by atoms with Crippen LogP contribution in [-0.4, -0.2) is 19.7 Å². The highest BCUT2D eigenvalue weighted by Crippen LogP contribution is 2.36. The van der Waals surface area contributed by atoms with Crippen molar-refractivity contribution in [3.05, 3.63) is 27.2 Å². The summed E-state index contributed by atoms with van der Waals surface area (Å²) in [5.41, 5.74) is 0. The lowest BCUT2D eigenvalue weighted by atomic mass is 10.1. The number of benzene rings is 1. The Morgan fingerprint density at radius 1 is 1.21 bits per heavy atom. The second-order valence-electron chi connectivity index (χ2n) is 4.12. The van der Waals surface area contributed by atoms with Crippen molar-refractivity contribution in [3.8, 4) is 5.75 Å². The van der Waals surface area contributed by atoms with Gasteiger partial charge in [-0.25, -0.2) is 0 Å². The van der Waals surface area contributed by atoms with Crippen LogP contribution in [0.1, 0.15) is 26.2 Å². The van der Waals surface area contributed by atoms with Gasteiger partial charge in [-0.2, -0.15) is 0 Å². The maximum absolute atomic E-state index is 6.11. The van der Waals surface area contributed by atoms with Crippen LogP contribution in [0.2, 0.25) is 15.1 Å². The quantitative estimate of drug-likeness (QED) is 0.683. The third-order valence-electron chi connectivity index (χ3n) is 2.58. The minimum absolute atomic E-state index is 0. The molecule has 0 saturated carbocycles. The number of hydrogen-bond acceptors (Lipinski definition) is 2. The molecule has 19 heavy (non-hydrogen) atoms. The summed E-state index contributed by atoms with van der Waals surface area (Å²) in [5.74, 6) is 0.559. The molecule has 0 radical (unpaired) electrons. The topological polar surface area (TPSA) is 21.3 Å². The zero-order valence-electron chi connectivity index (χ0n) is 11.0. The maximum Gasteiger partial charge on any atom is 0.141 e. The molecule has 0 aromatic heterocycles. The Hall–Kier alpha value is 0.140. The second-order valence-corrected chi connectivity index (χ2v) is 5.34.